The first-order valence-corrected chi connectivity index (χ1v) is 8.76. The molecule has 0 aromatic heterocycles. The second kappa shape index (κ2) is 8.90. The van der Waals surface area contributed by atoms with Gasteiger partial charge in [-0.15, -0.1) is 0 Å². The maximum Gasteiger partial charge on any atom is 0.124 e. The van der Waals surface area contributed by atoms with Crippen molar-refractivity contribution in [2.45, 2.75) is 13.2 Å². The molecule has 0 fully saturated rings. The van der Waals surface area contributed by atoms with Crippen molar-refractivity contribution in [3.8, 4) is 5.75 Å². The number of benzene rings is 3. The number of rotatable bonds is 7. The smallest absolute Gasteiger partial charge is 0.124 e. The number of nitrogens with one attached hydrogen (secondary N) is 2. The van der Waals surface area contributed by atoms with Crippen LogP contribution in [0.25, 0.3) is 0 Å². The third kappa shape index (κ3) is 5.11. The fraction of sp³-hybridized carbons (Fsp3) is 0.100. The molecule has 0 bridgehead atoms. The summed E-state index contributed by atoms with van der Waals surface area (Å²) in [6.45, 7) is 0.738. The first-order chi connectivity index (χ1) is 12.6. The molecule has 134 valence electrons. The van der Waals surface area contributed by atoms with E-state index in [1.165, 1.54) is 12.1 Å². The zero-order chi connectivity index (χ0) is 18.4. The quantitative estimate of drug-likeness (QED) is 0.498. The van der Waals surface area contributed by atoms with E-state index in [1.807, 2.05) is 36.4 Å². The van der Waals surface area contributed by atoms with Gasteiger partial charge < -0.3 is 10.2 Å². The maximum atomic E-state index is 13.1. The molecule has 3 aromatic rings. The average Bonchev–Trinajstić information content (AvgIpc) is 2.63. The fourth-order valence-electron chi connectivity index (χ4n) is 2.38. The van der Waals surface area contributed by atoms with E-state index in [0.29, 0.717) is 27.9 Å². The van der Waals surface area contributed by atoms with Crippen LogP contribution in [0.5, 0.6) is 5.75 Å². The Balaban J connectivity index is 1.65. The number of hydrazine groups is 1. The van der Waals surface area contributed by atoms with Gasteiger partial charge in [0, 0.05) is 28.4 Å². The molecular weight excluding hydrogens is 374 g/mol. The summed E-state index contributed by atoms with van der Waals surface area (Å²) >= 11 is 12.2. The summed E-state index contributed by atoms with van der Waals surface area (Å²) in [7, 11) is 0. The van der Waals surface area contributed by atoms with Crippen molar-refractivity contribution in [1.29, 1.82) is 0 Å². The molecule has 0 unspecified atom stereocenters. The van der Waals surface area contributed by atoms with Crippen LogP contribution < -0.4 is 15.6 Å². The topological polar surface area (TPSA) is 33.3 Å². The van der Waals surface area contributed by atoms with Gasteiger partial charge in [-0.25, -0.2) is 9.82 Å². The number of para-hydroxylation sites is 1. The molecule has 0 amide bonds. The van der Waals surface area contributed by atoms with Gasteiger partial charge >= 0.3 is 0 Å². The van der Waals surface area contributed by atoms with E-state index in [1.54, 1.807) is 18.2 Å². The Morgan fingerprint density at radius 2 is 1.69 bits per heavy atom. The molecule has 0 radical (unpaired) electrons. The predicted molar refractivity (Wildman–Crippen MR) is 104 cm³/mol. The lowest BCUT2D eigenvalue weighted by Crippen LogP contribution is -2.21. The predicted octanol–water partition coefficient (Wildman–Crippen LogP) is 5.83. The van der Waals surface area contributed by atoms with Gasteiger partial charge in [-0.2, -0.15) is 0 Å². The molecule has 2 N–H and O–H groups in total. The number of hydrogen-bond acceptors (Lipinski definition) is 3. The fourth-order valence-corrected chi connectivity index (χ4v) is 2.80. The standard InChI is InChI=1S/C20H17Cl2FN2O/c21-16-7-9-20(26-13-14-6-8-17(23)11-19(14)22)15(10-16)12-24-25-18-4-2-1-3-5-18/h1-11,24-25H,12-13H2. The van der Waals surface area contributed by atoms with Gasteiger partial charge in [-0.3, -0.25) is 0 Å². The highest BCUT2D eigenvalue weighted by atomic mass is 35.5. The Kier molecular flexibility index (Phi) is 6.34. The number of hydrogen-bond donors (Lipinski definition) is 2. The molecule has 3 nitrogen and oxygen atoms in total. The monoisotopic (exact) mass is 390 g/mol. The van der Waals surface area contributed by atoms with Crippen molar-refractivity contribution in [1.82, 2.24) is 5.43 Å². The lowest BCUT2D eigenvalue weighted by atomic mass is 10.2. The highest BCUT2D eigenvalue weighted by molar-refractivity contribution is 6.31. The van der Waals surface area contributed by atoms with Crippen LogP contribution in [-0.4, -0.2) is 0 Å². The van der Waals surface area contributed by atoms with Gasteiger partial charge in [0.1, 0.15) is 18.2 Å². The van der Waals surface area contributed by atoms with E-state index in [-0.39, 0.29) is 12.4 Å². The van der Waals surface area contributed by atoms with Crippen molar-refractivity contribution in [3.63, 3.8) is 0 Å². The Labute approximate surface area is 161 Å². The van der Waals surface area contributed by atoms with Crippen molar-refractivity contribution in [3.05, 3.63) is 93.7 Å². The zero-order valence-corrected chi connectivity index (χ0v) is 15.3. The van der Waals surface area contributed by atoms with Crippen molar-refractivity contribution >= 4 is 28.9 Å². The Bertz CT molecular complexity index is 875. The Morgan fingerprint density at radius 1 is 0.885 bits per heavy atom. The summed E-state index contributed by atoms with van der Waals surface area (Å²) in [5.74, 6) is 0.305. The zero-order valence-electron chi connectivity index (χ0n) is 13.8. The minimum absolute atomic E-state index is 0.236. The summed E-state index contributed by atoms with van der Waals surface area (Å²) in [6, 6.07) is 19.4. The summed E-state index contributed by atoms with van der Waals surface area (Å²) < 4.78 is 19.0. The lowest BCUT2D eigenvalue weighted by molar-refractivity contribution is 0.302. The molecule has 0 atom stereocenters. The highest BCUT2D eigenvalue weighted by Gasteiger charge is 2.08. The van der Waals surface area contributed by atoms with Crippen molar-refractivity contribution in [2.75, 3.05) is 5.43 Å². The van der Waals surface area contributed by atoms with Gasteiger partial charge in [-0.1, -0.05) is 47.5 Å². The molecule has 26 heavy (non-hydrogen) atoms. The van der Waals surface area contributed by atoms with E-state index >= 15 is 0 Å². The van der Waals surface area contributed by atoms with Crippen LogP contribution in [0.4, 0.5) is 10.1 Å². The van der Waals surface area contributed by atoms with E-state index in [4.69, 9.17) is 27.9 Å². The van der Waals surface area contributed by atoms with Crippen molar-refractivity contribution < 1.29 is 9.13 Å². The van der Waals surface area contributed by atoms with Crippen LogP contribution in [0.2, 0.25) is 10.0 Å². The highest BCUT2D eigenvalue weighted by Crippen LogP contribution is 2.25. The van der Waals surface area contributed by atoms with Crippen LogP contribution >= 0.6 is 23.2 Å². The van der Waals surface area contributed by atoms with Crippen LogP contribution in [-0.2, 0) is 13.2 Å². The van der Waals surface area contributed by atoms with Gasteiger partial charge in [0.25, 0.3) is 0 Å². The number of ether oxygens (including phenoxy) is 1. The summed E-state index contributed by atoms with van der Waals surface area (Å²) in [5, 5.41) is 0.957. The Hall–Kier alpha value is -2.27. The molecule has 3 aromatic carbocycles. The molecule has 0 saturated heterocycles. The van der Waals surface area contributed by atoms with E-state index < -0.39 is 0 Å². The van der Waals surface area contributed by atoms with Crippen LogP contribution in [0.3, 0.4) is 0 Å². The van der Waals surface area contributed by atoms with Gasteiger partial charge in [0.2, 0.25) is 0 Å². The molecule has 0 saturated carbocycles. The second-order valence-corrected chi connectivity index (χ2v) is 6.46. The molecule has 6 heteroatoms. The maximum absolute atomic E-state index is 13.1. The molecular formula is C20H17Cl2FN2O. The lowest BCUT2D eigenvalue weighted by Gasteiger charge is -2.14. The summed E-state index contributed by atoms with van der Waals surface area (Å²) in [5.41, 5.74) is 8.81. The third-order valence-corrected chi connectivity index (χ3v) is 4.29. The van der Waals surface area contributed by atoms with Gasteiger partial charge in [0.15, 0.2) is 0 Å². The van der Waals surface area contributed by atoms with Crippen LogP contribution in [0.15, 0.2) is 66.7 Å². The molecule has 0 spiro atoms. The normalized spacial score (nSPS) is 10.6. The first kappa shape index (κ1) is 18.5. The molecule has 0 heterocycles. The SMILES string of the molecule is Fc1ccc(COc2ccc(Cl)cc2CNNc2ccccc2)c(Cl)c1. The van der Waals surface area contributed by atoms with Crippen LogP contribution in [0.1, 0.15) is 11.1 Å². The average molecular weight is 391 g/mol. The minimum atomic E-state index is -0.373. The molecule has 3 rings (SSSR count). The molecule has 0 aliphatic rings. The first-order valence-electron chi connectivity index (χ1n) is 8.01. The summed E-state index contributed by atoms with van der Waals surface area (Å²) in [4.78, 5) is 0. The summed E-state index contributed by atoms with van der Waals surface area (Å²) in [6.07, 6.45) is 0. The number of anilines is 1. The third-order valence-electron chi connectivity index (χ3n) is 3.71. The Morgan fingerprint density at radius 3 is 2.46 bits per heavy atom. The van der Waals surface area contributed by atoms with Crippen molar-refractivity contribution in [2.24, 2.45) is 0 Å². The largest absolute Gasteiger partial charge is 0.489 e. The van der Waals surface area contributed by atoms with Crippen LogP contribution in [0, 0.1) is 5.82 Å². The molecule has 0 aliphatic carbocycles. The number of halogens is 3. The minimum Gasteiger partial charge on any atom is -0.489 e. The van der Waals surface area contributed by atoms with E-state index in [9.17, 15) is 4.39 Å². The van der Waals surface area contributed by atoms with Gasteiger partial charge in [0.05, 0.1) is 5.02 Å². The molecule has 0 aliphatic heterocycles. The van der Waals surface area contributed by atoms with E-state index in [2.05, 4.69) is 10.9 Å². The van der Waals surface area contributed by atoms with E-state index in [0.717, 1.165) is 11.3 Å². The second-order valence-electron chi connectivity index (χ2n) is 5.62. The van der Waals surface area contributed by atoms with Gasteiger partial charge in [-0.05, 0) is 42.5 Å².